The molecule has 1 atom stereocenters. The third kappa shape index (κ3) is 1.68. The van der Waals surface area contributed by atoms with Crippen LogP contribution in [0.15, 0.2) is 0 Å². The molecule has 60 valence electrons. The lowest BCUT2D eigenvalue weighted by Gasteiger charge is -1.99. The fourth-order valence-corrected chi connectivity index (χ4v) is 3.42. The summed E-state index contributed by atoms with van der Waals surface area (Å²) in [7, 11) is 0. The standard InChI is InChI=1S/C6H7ClN2S2/c7-6-9-8-5(11-6)4-1-2-10-3-4/h4H,1-3H2. The molecule has 0 saturated carbocycles. The van der Waals surface area contributed by atoms with Crippen LogP contribution < -0.4 is 0 Å². The van der Waals surface area contributed by atoms with Crippen LogP contribution in [-0.2, 0) is 0 Å². The molecule has 0 aliphatic carbocycles. The van der Waals surface area contributed by atoms with Crippen molar-refractivity contribution >= 4 is 34.7 Å². The number of halogens is 1. The van der Waals surface area contributed by atoms with Gasteiger partial charge >= 0.3 is 0 Å². The van der Waals surface area contributed by atoms with E-state index >= 15 is 0 Å². The van der Waals surface area contributed by atoms with Gasteiger partial charge in [-0.3, -0.25) is 0 Å². The molecule has 1 fully saturated rings. The van der Waals surface area contributed by atoms with Gasteiger partial charge in [0.1, 0.15) is 5.01 Å². The van der Waals surface area contributed by atoms with Crippen molar-refractivity contribution in [3.05, 3.63) is 9.47 Å². The number of aromatic nitrogens is 2. The molecule has 1 saturated heterocycles. The van der Waals surface area contributed by atoms with Crippen LogP contribution in [0.1, 0.15) is 17.3 Å². The van der Waals surface area contributed by atoms with E-state index in [0.717, 1.165) is 5.01 Å². The van der Waals surface area contributed by atoms with Gasteiger partial charge in [-0.05, 0) is 23.8 Å². The van der Waals surface area contributed by atoms with Crippen LogP contribution in [0.2, 0.25) is 4.47 Å². The average Bonchev–Trinajstić information content (AvgIpc) is 2.55. The summed E-state index contributed by atoms with van der Waals surface area (Å²) in [5.74, 6) is 3.05. The molecule has 11 heavy (non-hydrogen) atoms. The molecule has 1 aliphatic heterocycles. The second kappa shape index (κ2) is 3.29. The fraction of sp³-hybridized carbons (Fsp3) is 0.667. The van der Waals surface area contributed by atoms with Gasteiger partial charge in [-0.15, -0.1) is 10.2 Å². The Labute approximate surface area is 78.4 Å². The van der Waals surface area contributed by atoms with Gasteiger partial charge in [-0.2, -0.15) is 11.8 Å². The first-order chi connectivity index (χ1) is 5.36. The van der Waals surface area contributed by atoms with Crippen LogP contribution in [-0.4, -0.2) is 21.7 Å². The number of hydrogen-bond donors (Lipinski definition) is 0. The molecule has 0 radical (unpaired) electrons. The summed E-state index contributed by atoms with van der Waals surface area (Å²) < 4.78 is 0.567. The van der Waals surface area contributed by atoms with Crippen molar-refractivity contribution in [2.24, 2.45) is 0 Å². The Morgan fingerprint density at radius 2 is 2.36 bits per heavy atom. The van der Waals surface area contributed by atoms with E-state index in [1.165, 1.54) is 29.3 Å². The van der Waals surface area contributed by atoms with E-state index in [9.17, 15) is 0 Å². The number of thioether (sulfide) groups is 1. The van der Waals surface area contributed by atoms with Crippen LogP contribution in [0.4, 0.5) is 0 Å². The van der Waals surface area contributed by atoms with Gasteiger partial charge in [0, 0.05) is 11.7 Å². The summed E-state index contributed by atoms with van der Waals surface area (Å²) in [5, 5.41) is 8.92. The highest BCUT2D eigenvalue weighted by atomic mass is 35.5. The molecular formula is C6H7ClN2S2. The zero-order chi connectivity index (χ0) is 7.68. The molecule has 5 heteroatoms. The lowest BCUT2D eigenvalue weighted by Crippen LogP contribution is -1.94. The van der Waals surface area contributed by atoms with Crippen molar-refractivity contribution < 1.29 is 0 Å². The van der Waals surface area contributed by atoms with Crippen molar-refractivity contribution in [1.82, 2.24) is 10.2 Å². The summed E-state index contributed by atoms with van der Waals surface area (Å²) in [6.45, 7) is 0. The normalized spacial score (nSPS) is 24.3. The Morgan fingerprint density at radius 3 is 2.91 bits per heavy atom. The van der Waals surface area contributed by atoms with Crippen molar-refractivity contribution in [3.63, 3.8) is 0 Å². The molecular weight excluding hydrogens is 200 g/mol. The van der Waals surface area contributed by atoms with Crippen molar-refractivity contribution in [1.29, 1.82) is 0 Å². The average molecular weight is 207 g/mol. The minimum absolute atomic E-state index is 0.567. The third-order valence-corrected chi connectivity index (χ3v) is 4.04. The molecule has 1 aromatic rings. The molecule has 0 aromatic carbocycles. The highest BCUT2D eigenvalue weighted by molar-refractivity contribution is 7.99. The van der Waals surface area contributed by atoms with Gasteiger partial charge in [0.25, 0.3) is 0 Å². The second-order valence-electron chi connectivity index (χ2n) is 2.45. The van der Waals surface area contributed by atoms with Crippen LogP contribution in [0.3, 0.4) is 0 Å². The molecule has 0 spiro atoms. The first-order valence-corrected chi connectivity index (χ1v) is 5.78. The van der Waals surface area contributed by atoms with Gasteiger partial charge < -0.3 is 0 Å². The van der Waals surface area contributed by atoms with Crippen LogP contribution >= 0.6 is 34.7 Å². The van der Waals surface area contributed by atoms with Gasteiger partial charge in [0.15, 0.2) is 0 Å². The Bertz CT molecular complexity index is 244. The van der Waals surface area contributed by atoms with Gasteiger partial charge in [0.2, 0.25) is 4.47 Å². The summed E-state index contributed by atoms with van der Waals surface area (Å²) in [5.41, 5.74) is 0. The van der Waals surface area contributed by atoms with E-state index in [4.69, 9.17) is 11.6 Å². The Morgan fingerprint density at radius 1 is 1.45 bits per heavy atom. The molecule has 2 heterocycles. The topological polar surface area (TPSA) is 25.8 Å². The zero-order valence-electron chi connectivity index (χ0n) is 5.79. The smallest absolute Gasteiger partial charge is 0.161 e. The highest BCUT2D eigenvalue weighted by Gasteiger charge is 2.20. The van der Waals surface area contributed by atoms with Crippen LogP contribution in [0.25, 0.3) is 0 Å². The van der Waals surface area contributed by atoms with Gasteiger partial charge in [-0.1, -0.05) is 11.3 Å². The van der Waals surface area contributed by atoms with Crippen molar-refractivity contribution in [2.45, 2.75) is 12.3 Å². The zero-order valence-corrected chi connectivity index (χ0v) is 8.18. The monoisotopic (exact) mass is 206 g/mol. The van der Waals surface area contributed by atoms with Crippen molar-refractivity contribution in [3.8, 4) is 0 Å². The fourth-order valence-electron chi connectivity index (χ4n) is 1.11. The summed E-state index contributed by atoms with van der Waals surface area (Å²) >= 11 is 9.17. The quantitative estimate of drug-likeness (QED) is 0.706. The Balaban J connectivity index is 2.15. The number of nitrogens with zero attached hydrogens (tertiary/aromatic N) is 2. The summed E-state index contributed by atoms with van der Waals surface area (Å²) in [6, 6.07) is 0. The Hall–Kier alpha value is 0.200. The van der Waals surface area contributed by atoms with Gasteiger partial charge in [0.05, 0.1) is 0 Å². The predicted octanol–water partition coefficient (Wildman–Crippen LogP) is 2.41. The molecule has 2 rings (SSSR count). The molecule has 0 amide bonds. The Kier molecular flexibility index (Phi) is 2.34. The van der Waals surface area contributed by atoms with Crippen LogP contribution in [0, 0.1) is 0 Å². The molecule has 2 nitrogen and oxygen atoms in total. The minimum atomic E-state index is 0.567. The second-order valence-corrected chi connectivity index (χ2v) is 5.19. The first kappa shape index (κ1) is 7.83. The first-order valence-electron chi connectivity index (χ1n) is 3.43. The van der Waals surface area contributed by atoms with E-state index in [-0.39, 0.29) is 0 Å². The maximum atomic E-state index is 5.68. The van der Waals surface area contributed by atoms with E-state index < -0.39 is 0 Å². The van der Waals surface area contributed by atoms with Crippen LogP contribution in [0.5, 0.6) is 0 Å². The number of rotatable bonds is 1. The molecule has 0 N–H and O–H groups in total. The van der Waals surface area contributed by atoms with E-state index in [1.807, 2.05) is 11.8 Å². The SMILES string of the molecule is Clc1nnc(C2CCSC2)s1. The third-order valence-electron chi connectivity index (χ3n) is 1.69. The largest absolute Gasteiger partial charge is 0.207 e. The van der Waals surface area contributed by atoms with Crippen molar-refractivity contribution in [2.75, 3.05) is 11.5 Å². The molecule has 1 unspecified atom stereocenters. The van der Waals surface area contributed by atoms with E-state index in [1.54, 1.807) is 0 Å². The molecule has 1 aliphatic rings. The highest BCUT2D eigenvalue weighted by Crippen LogP contribution is 2.34. The minimum Gasteiger partial charge on any atom is -0.161 e. The lowest BCUT2D eigenvalue weighted by atomic mass is 10.1. The molecule has 0 bridgehead atoms. The summed E-state index contributed by atoms with van der Waals surface area (Å²) in [4.78, 5) is 0. The van der Waals surface area contributed by atoms with Gasteiger partial charge in [-0.25, -0.2) is 0 Å². The number of hydrogen-bond acceptors (Lipinski definition) is 4. The summed E-state index contributed by atoms with van der Waals surface area (Å²) in [6.07, 6.45) is 1.23. The molecule has 1 aromatic heterocycles. The maximum Gasteiger partial charge on any atom is 0.207 e. The lowest BCUT2D eigenvalue weighted by molar-refractivity contribution is 0.757. The van der Waals surface area contributed by atoms with E-state index in [0.29, 0.717) is 10.4 Å². The maximum absolute atomic E-state index is 5.68. The van der Waals surface area contributed by atoms with E-state index in [2.05, 4.69) is 10.2 Å². The predicted molar refractivity (Wildman–Crippen MR) is 49.6 cm³/mol.